The van der Waals surface area contributed by atoms with Crippen molar-refractivity contribution < 1.29 is 14.3 Å². The zero-order valence-corrected chi connectivity index (χ0v) is 8.42. The Hall–Kier alpha value is -1.62. The summed E-state index contributed by atoms with van der Waals surface area (Å²) in [5.74, 6) is -2.29. The van der Waals surface area contributed by atoms with Crippen molar-refractivity contribution in [3.8, 4) is 0 Å². The van der Waals surface area contributed by atoms with Gasteiger partial charge in [0.15, 0.2) is 5.82 Å². The van der Waals surface area contributed by atoms with E-state index in [1.807, 2.05) is 0 Å². The van der Waals surface area contributed by atoms with Crippen LogP contribution in [0.15, 0.2) is 12.4 Å². The minimum Gasteiger partial charge on any atom is -0.478 e. The van der Waals surface area contributed by atoms with E-state index in [-0.39, 0.29) is 10.5 Å². The third kappa shape index (κ3) is 1.35. The standard InChI is InChI=1S/C9H6ClFN2O2/c1-13-3-12-5-2-4(10)7(11)6(8(5)13)9(14)15/h2-3H,1H3,(H,14,15). The van der Waals surface area contributed by atoms with Crippen molar-refractivity contribution in [3.63, 3.8) is 0 Å². The Morgan fingerprint density at radius 2 is 2.33 bits per heavy atom. The molecule has 6 heteroatoms. The van der Waals surface area contributed by atoms with Gasteiger partial charge in [-0.25, -0.2) is 14.2 Å². The molecule has 1 aromatic carbocycles. The Morgan fingerprint density at radius 1 is 1.67 bits per heavy atom. The average molecular weight is 229 g/mol. The van der Waals surface area contributed by atoms with E-state index in [1.165, 1.54) is 17.0 Å². The topological polar surface area (TPSA) is 55.1 Å². The molecule has 0 aliphatic carbocycles. The highest BCUT2D eigenvalue weighted by Gasteiger charge is 2.20. The number of aryl methyl sites for hydroxylation is 1. The van der Waals surface area contributed by atoms with Crippen molar-refractivity contribution in [2.45, 2.75) is 0 Å². The van der Waals surface area contributed by atoms with Gasteiger partial charge in [-0.1, -0.05) is 11.6 Å². The van der Waals surface area contributed by atoms with Crippen LogP contribution in [0.3, 0.4) is 0 Å². The summed E-state index contributed by atoms with van der Waals surface area (Å²) in [5, 5.41) is 8.65. The maximum atomic E-state index is 13.5. The first-order valence-electron chi connectivity index (χ1n) is 4.04. The largest absolute Gasteiger partial charge is 0.478 e. The minimum atomic E-state index is -1.36. The molecule has 0 saturated carbocycles. The number of aromatic nitrogens is 2. The molecule has 0 aliphatic heterocycles. The first-order chi connectivity index (χ1) is 7.02. The number of hydrogen-bond donors (Lipinski definition) is 1. The lowest BCUT2D eigenvalue weighted by Crippen LogP contribution is -2.04. The predicted octanol–water partition coefficient (Wildman–Crippen LogP) is 2.06. The fourth-order valence-corrected chi connectivity index (χ4v) is 1.66. The lowest BCUT2D eigenvalue weighted by molar-refractivity contribution is 0.0694. The Bertz CT molecular complexity index is 565. The first kappa shape index (κ1) is 9.92. The molecular formula is C9H6ClFN2O2. The van der Waals surface area contributed by atoms with E-state index >= 15 is 0 Å². The number of carbonyl (C=O) groups is 1. The molecule has 78 valence electrons. The first-order valence-corrected chi connectivity index (χ1v) is 4.42. The van der Waals surface area contributed by atoms with Crippen LogP contribution in [0.25, 0.3) is 11.0 Å². The fourth-order valence-electron chi connectivity index (χ4n) is 1.46. The van der Waals surface area contributed by atoms with Crippen molar-refractivity contribution in [2.24, 2.45) is 7.05 Å². The van der Waals surface area contributed by atoms with Gasteiger partial charge in [0.25, 0.3) is 0 Å². The summed E-state index contributed by atoms with van der Waals surface area (Å²) in [4.78, 5) is 14.8. The monoisotopic (exact) mass is 228 g/mol. The van der Waals surface area contributed by atoms with Gasteiger partial charge in [-0.15, -0.1) is 0 Å². The van der Waals surface area contributed by atoms with Crippen LogP contribution in [0.4, 0.5) is 4.39 Å². The molecule has 1 N–H and O–H groups in total. The molecule has 0 radical (unpaired) electrons. The molecule has 0 amide bonds. The number of aromatic carboxylic acids is 1. The number of hydrogen-bond acceptors (Lipinski definition) is 2. The molecule has 0 saturated heterocycles. The van der Waals surface area contributed by atoms with Gasteiger partial charge >= 0.3 is 5.97 Å². The van der Waals surface area contributed by atoms with Crippen LogP contribution in [0.2, 0.25) is 5.02 Å². The number of carboxylic acids is 1. The van der Waals surface area contributed by atoms with Crippen LogP contribution < -0.4 is 0 Å². The van der Waals surface area contributed by atoms with Crippen molar-refractivity contribution in [3.05, 3.63) is 28.8 Å². The summed E-state index contributed by atoms with van der Waals surface area (Å²) in [5.41, 5.74) is 0.142. The molecule has 1 heterocycles. The van der Waals surface area contributed by atoms with Crippen LogP contribution in [-0.2, 0) is 7.05 Å². The van der Waals surface area contributed by atoms with Gasteiger partial charge in [-0.05, 0) is 6.07 Å². The molecule has 0 unspecified atom stereocenters. The van der Waals surface area contributed by atoms with Crippen LogP contribution in [0.1, 0.15) is 10.4 Å². The fraction of sp³-hybridized carbons (Fsp3) is 0.111. The Morgan fingerprint density at radius 3 is 2.93 bits per heavy atom. The predicted molar refractivity (Wildman–Crippen MR) is 52.6 cm³/mol. The molecule has 0 aliphatic rings. The van der Waals surface area contributed by atoms with E-state index in [4.69, 9.17) is 16.7 Å². The number of halogens is 2. The van der Waals surface area contributed by atoms with Crippen LogP contribution in [0, 0.1) is 5.82 Å². The maximum Gasteiger partial charge on any atom is 0.340 e. The van der Waals surface area contributed by atoms with E-state index in [0.717, 1.165) is 0 Å². The van der Waals surface area contributed by atoms with Gasteiger partial charge in [0, 0.05) is 7.05 Å². The number of nitrogens with zero attached hydrogens (tertiary/aromatic N) is 2. The molecule has 2 rings (SSSR count). The molecule has 0 spiro atoms. The smallest absolute Gasteiger partial charge is 0.340 e. The minimum absolute atomic E-state index is 0.226. The van der Waals surface area contributed by atoms with E-state index < -0.39 is 17.3 Å². The highest BCUT2D eigenvalue weighted by molar-refractivity contribution is 6.32. The van der Waals surface area contributed by atoms with Crippen LogP contribution in [-0.4, -0.2) is 20.6 Å². The molecule has 1 aromatic heterocycles. The van der Waals surface area contributed by atoms with Crippen LogP contribution in [0.5, 0.6) is 0 Å². The summed E-state index contributed by atoms with van der Waals surface area (Å²) in [6.45, 7) is 0. The second-order valence-corrected chi connectivity index (χ2v) is 3.48. The molecule has 0 atom stereocenters. The second kappa shape index (κ2) is 3.20. The lowest BCUT2D eigenvalue weighted by Gasteiger charge is -2.03. The number of rotatable bonds is 1. The molecule has 0 fully saturated rings. The summed E-state index contributed by atoms with van der Waals surface area (Å²) in [7, 11) is 1.59. The van der Waals surface area contributed by atoms with Gasteiger partial charge in [0.2, 0.25) is 0 Å². The Balaban J connectivity index is 2.99. The third-order valence-electron chi connectivity index (χ3n) is 2.11. The molecule has 2 aromatic rings. The molecule has 15 heavy (non-hydrogen) atoms. The summed E-state index contributed by atoms with van der Waals surface area (Å²) in [6.07, 6.45) is 1.41. The maximum absolute atomic E-state index is 13.5. The van der Waals surface area contributed by atoms with Crippen molar-refractivity contribution in [2.75, 3.05) is 0 Å². The van der Waals surface area contributed by atoms with Crippen molar-refractivity contribution >= 4 is 28.6 Å². The Labute approximate surface area is 88.9 Å². The summed E-state index contributed by atoms with van der Waals surface area (Å²) in [6, 6.07) is 1.30. The number of benzene rings is 1. The summed E-state index contributed by atoms with van der Waals surface area (Å²) >= 11 is 5.56. The lowest BCUT2D eigenvalue weighted by atomic mass is 10.1. The van der Waals surface area contributed by atoms with Gasteiger partial charge in [-0.2, -0.15) is 0 Å². The van der Waals surface area contributed by atoms with E-state index in [0.29, 0.717) is 5.52 Å². The number of fused-ring (bicyclic) bond motifs is 1. The van der Waals surface area contributed by atoms with Gasteiger partial charge in [-0.3, -0.25) is 0 Å². The van der Waals surface area contributed by atoms with Gasteiger partial charge in [0.1, 0.15) is 5.56 Å². The average Bonchev–Trinajstić information content (AvgIpc) is 2.49. The number of carboxylic acid groups (broad SMARTS) is 1. The molecule has 4 nitrogen and oxygen atoms in total. The van der Waals surface area contributed by atoms with Gasteiger partial charge in [0.05, 0.1) is 22.4 Å². The normalized spacial score (nSPS) is 10.9. The van der Waals surface area contributed by atoms with Crippen molar-refractivity contribution in [1.82, 2.24) is 9.55 Å². The van der Waals surface area contributed by atoms with Crippen molar-refractivity contribution in [1.29, 1.82) is 0 Å². The SMILES string of the molecule is Cn1cnc2cc(Cl)c(F)c(C(=O)O)c21. The van der Waals surface area contributed by atoms with Gasteiger partial charge < -0.3 is 9.67 Å². The molecular weight excluding hydrogens is 223 g/mol. The Kier molecular flexibility index (Phi) is 2.12. The zero-order valence-electron chi connectivity index (χ0n) is 7.66. The zero-order chi connectivity index (χ0) is 11.2. The third-order valence-corrected chi connectivity index (χ3v) is 2.38. The van der Waals surface area contributed by atoms with E-state index in [9.17, 15) is 9.18 Å². The van der Waals surface area contributed by atoms with E-state index in [1.54, 1.807) is 7.05 Å². The molecule has 0 bridgehead atoms. The number of imidazole rings is 1. The summed E-state index contributed by atoms with van der Waals surface area (Å²) < 4.78 is 14.9. The van der Waals surface area contributed by atoms with Crippen LogP contribution >= 0.6 is 11.6 Å². The quantitative estimate of drug-likeness (QED) is 0.813. The highest BCUT2D eigenvalue weighted by atomic mass is 35.5. The highest BCUT2D eigenvalue weighted by Crippen LogP contribution is 2.26. The van der Waals surface area contributed by atoms with E-state index in [2.05, 4.69) is 4.98 Å². The second-order valence-electron chi connectivity index (χ2n) is 3.08.